The number of hydrogen-bond acceptors (Lipinski definition) is 7. The van der Waals surface area contributed by atoms with Gasteiger partial charge in [-0.15, -0.1) is 0 Å². The minimum absolute atomic E-state index is 0.148. The maximum atomic E-state index is 12.3. The summed E-state index contributed by atoms with van der Waals surface area (Å²) in [5, 5.41) is 13.2. The van der Waals surface area contributed by atoms with Crippen molar-refractivity contribution in [2.45, 2.75) is 51.2 Å². The van der Waals surface area contributed by atoms with Crippen molar-refractivity contribution < 1.29 is 14.1 Å². The lowest BCUT2D eigenvalue weighted by Gasteiger charge is -2.32. The molecule has 0 spiro atoms. The monoisotopic (exact) mass is 424 g/mol. The van der Waals surface area contributed by atoms with Crippen LogP contribution in [0.3, 0.4) is 0 Å². The van der Waals surface area contributed by atoms with Crippen LogP contribution in [0.25, 0.3) is 22.3 Å². The Bertz CT molecular complexity index is 1090. The van der Waals surface area contributed by atoms with Crippen LogP contribution in [0, 0.1) is 0 Å². The molecule has 31 heavy (non-hydrogen) atoms. The van der Waals surface area contributed by atoms with Crippen LogP contribution < -0.4 is 5.32 Å². The first-order valence-electron chi connectivity index (χ1n) is 10.9. The molecule has 2 fully saturated rings. The van der Waals surface area contributed by atoms with E-state index in [-0.39, 0.29) is 12.0 Å². The average Bonchev–Trinajstić information content (AvgIpc) is 3.33. The number of hydrogen-bond donors (Lipinski definition) is 1. The predicted molar refractivity (Wildman–Crippen MR) is 115 cm³/mol. The number of benzene rings is 1. The van der Waals surface area contributed by atoms with Gasteiger partial charge < -0.3 is 19.5 Å². The summed E-state index contributed by atoms with van der Waals surface area (Å²) in [5.41, 5.74) is 1.52. The van der Waals surface area contributed by atoms with Crippen molar-refractivity contribution in [1.29, 1.82) is 0 Å². The molecule has 0 saturated carbocycles. The van der Waals surface area contributed by atoms with Crippen LogP contribution in [-0.4, -0.2) is 62.7 Å². The number of carbonyl (C=O) groups excluding carboxylic acids is 1. The van der Waals surface area contributed by atoms with Crippen LogP contribution in [0.15, 0.2) is 28.9 Å². The Hall–Kier alpha value is -2.94. The van der Waals surface area contributed by atoms with E-state index in [1.54, 1.807) is 4.90 Å². The fraction of sp³-hybridized carbons (Fsp3) is 0.545. The first kappa shape index (κ1) is 20.0. The number of carbonyl (C=O) groups is 1. The van der Waals surface area contributed by atoms with E-state index < -0.39 is 5.60 Å². The smallest absolute Gasteiger partial charge is 0.410 e. The highest BCUT2D eigenvalue weighted by molar-refractivity contribution is 5.83. The molecule has 2 aliphatic heterocycles. The number of fused-ring (bicyclic) bond motifs is 1. The molecule has 0 aliphatic carbocycles. The van der Waals surface area contributed by atoms with Gasteiger partial charge in [-0.2, -0.15) is 10.1 Å². The van der Waals surface area contributed by atoms with Crippen molar-refractivity contribution in [3.8, 4) is 11.4 Å². The highest BCUT2D eigenvalue weighted by Crippen LogP contribution is 2.30. The third-order valence-corrected chi connectivity index (χ3v) is 5.90. The Morgan fingerprint density at radius 1 is 1.23 bits per heavy atom. The second-order valence-corrected chi connectivity index (χ2v) is 9.37. The molecule has 0 atom stereocenters. The summed E-state index contributed by atoms with van der Waals surface area (Å²) in [7, 11) is 0. The maximum absolute atomic E-state index is 12.3. The fourth-order valence-electron chi connectivity index (χ4n) is 4.07. The average molecular weight is 425 g/mol. The van der Waals surface area contributed by atoms with E-state index in [9.17, 15) is 4.79 Å². The molecule has 1 N–H and O–H groups in total. The van der Waals surface area contributed by atoms with E-state index in [0.29, 0.717) is 30.8 Å². The van der Waals surface area contributed by atoms with E-state index in [1.165, 1.54) is 0 Å². The Balaban J connectivity index is 1.28. The van der Waals surface area contributed by atoms with Gasteiger partial charge >= 0.3 is 6.09 Å². The van der Waals surface area contributed by atoms with Gasteiger partial charge in [-0.3, -0.25) is 4.68 Å². The topological polar surface area (TPSA) is 98.3 Å². The van der Waals surface area contributed by atoms with Crippen molar-refractivity contribution in [3.05, 3.63) is 30.3 Å². The van der Waals surface area contributed by atoms with Crippen LogP contribution in [0.1, 0.15) is 51.5 Å². The van der Waals surface area contributed by atoms with Gasteiger partial charge in [0.1, 0.15) is 5.60 Å². The lowest BCUT2D eigenvalue weighted by Crippen LogP contribution is -2.43. The SMILES string of the molecule is CC(C)(C)OC(=O)N1CCC(c2nc(-c3ccc4cnn(C5CNC5)c4c3)no2)CC1. The number of amides is 1. The molecule has 4 heterocycles. The van der Waals surface area contributed by atoms with Crippen molar-refractivity contribution in [3.63, 3.8) is 0 Å². The van der Waals surface area contributed by atoms with E-state index in [1.807, 2.05) is 33.0 Å². The van der Waals surface area contributed by atoms with E-state index in [0.717, 1.165) is 42.4 Å². The molecule has 1 amide bonds. The highest BCUT2D eigenvalue weighted by Gasteiger charge is 2.30. The summed E-state index contributed by atoms with van der Waals surface area (Å²) in [6.07, 6.45) is 3.20. The van der Waals surface area contributed by atoms with Crippen molar-refractivity contribution in [1.82, 2.24) is 30.1 Å². The summed E-state index contributed by atoms with van der Waals surface area (Å²) >= 11 is 0. The van der Waals surface area contributed by atoms with Gasteiger partial charge in [0.2, 0.25) is 11.7 Å². The van der Waals surface area contributed by atoms with E-state index in [2.05, 4.69) is 37.4 Å². The Labute approximate surface area is 180 Å². The molecular formula is C22H28N6O3. The van der Waals surface area contributed by atoms with Crippen LogP contribution in [0.2, 0.25) is 0 Å². The zero-order valence-electron chi connectivity index (χ0n) is 18.2. The molecule has 2 aliphatic rings. The number of likely N-dealkylation sites (tertiary alicyclic amines) is 1. The molecule has 1 aromatic carbocycles. The summed E-state index contributed by atoms with van der Waals surface area (Å²) in [6, 6.07) is 6.53. The lowest BCUT2D eigenvalue weighted by atomic mass is 9.97. The van der Waals surface area contributed by atoms with Gasteiger partial charge in [-0.05, 0) is 39.7 Å². The molecule has 2 saturated heterocycles. The van der Waals surface area contributed by atoms with Gasteiger partial charge in [-0.25, -0.2) is 4.79 Å². The van der Waals surface area contributed by atoms with Gasteiger partial charge in [-0.1, -0.05) is 17.3 Å². The van der Waals surface area contributed by atoms with E-state index in [4.69, 9.17) is 9.26 Å². The molecular weight excluding hydrogens is 396 g/mol. The Morgan fingerprint density at radius 2 is 2.00 bits per heavy atom. The molecule has 3 aromatic rings. The number of rotatable bonds is 3. The van der Waals surface area contributed by atoms with Gasteiger partial charge in [0.05, 0.1) is 17.8 Å². The highest BCUT2D eigenvalue weighted by atomic mass is 16.6. The lowest BCUT2D eigenvalue weighted by molar-refractivity contribution is 0.0198. The summed E-state index contributed by atoms with van der Waals surface area (Å²) in [5.74, 6) is 1.37. The second kappa shape index (κ2) is 7.64. The molecule has 0 unspecified atom stereocenters. The third kappa shape index (κ3) is 4.01. The van der Waals surface area contributed by atoms with Gasteiger partial charge in [0.15, 0.2) is 0 Å². The third-order valence-electron chi connectivity index (χ3n) is 5.90. The van der Waals surface area contributed by atoms with Crippen LogP contribution in [-0.2, 0) is 4.74 Å². The fourth-order valence-corrected chi connectivity index (χ4v) is 4.07. The number of aromatic nitrogens is 4. The molecule has 0 radical (unpaired) electrons. The number of nitrogens with zero attached hydrogens (tertiary/aromatic N) is 5. The molecule has 5 rings (SSSR count). The normalized spacial score (nSPS) is 18.4. The van der Waals surface area contributed by atoms with Crippen LogP contribution >= 0.6 is 0 Å². The summed E-state index contributed by atoms with van der Waals surface area (Å²) in [6.45, 7) is 8.77. The number of nitrogens with one attached hydrogen (secondary N) is 1. The van der Waals surface area contributed by atoms with Gasteiger partial charge in [0.25, 0.3) is 0 Å². The largest absolute Gasteiger partial charge is 0.444 e. The molecule has 0 bridgehead atoms. The van der Waals surface area contributed by atoms with Crippen molar-refractivity contribution in [2.75, 3.05) is 26.2 Å². The van der Waals surface area contributed by atoms with Crippen LogP contribution in [0.5, 0.6) is 0 Å². The Kier molecular flexibility index (Phi) is 4.92. The van der Waals surface area contributed by atoms with Crippen molar-refractivity contribution >= 4 is 17.0 Å². The van der Waals surface area contributed by atoms with Crippen molar-refractivity contribution in [2.24, 2.45) is 0 Å². The van der Waals surface area contributed by atoms with Gasteiger partial charge in [0, 0.05) is 43.0 Å². The van der Waals surface area contributed by atoms with E-state index >= 15 is 0 Å². The molecule has 9 heteroatoms. The second-order valence-electron chi connectivity index (χ2n) is 9.37. The zero-order chi connectivity index (χ0) is 21.6. The predicted octanol–water partition coefficient (Wildman–Crippen LogP) is 3.35. The quantitative estimate of drug-likeness (QED) is 0.688. The minimum atomic E-state index is -0.485. The molecule has 2 aromatic heterocycles. The summed E-state index contributed by atoms with van der Waals surface area (Å²) < 4.78 is 13.2. The minimum Gasteiger partial charge on any atom is -0.444 e. The standard InChI is InChI=1S/C22H28N6O3/c1-22(2,3)30-21(29)27-8-6-14(7-9-27)20-25-19(26-31-20)15-4-5-16-11-24-28(18(16)10-15)17-12-23-13-17/h4-5,10-11,14,17,23H,6-9,12-13H2,1-3H3. The first-order valence-corrected chi connectivity index (χ1v) is 10.9. The zero-order valence-corrected chi connectivity index (χ0v) is 18.2. The molecule has 164 valence electrons. The number of ether oxygens (including phenoxy) is 1. The molecule has 9 nitrogen and oxygen atoms in total. The number of piperidine rings is 1. The van der Waals surface area contributed by atoms with Crippen LogP contribution in [0.4, 0.5) is 4.79 Å². The maximum Gasteiger partial charge on any atom is 0.410 e. The Morgan fingerprint density at radius 3 is 2.68 bits per heavy atom. The first-order chi connectivity index (χ1) is 14.9. The summed E-state index contributed by atoms with van der Waals surface area (Å²) in [4.78, 5) is 18.7.